The van der Waals surface area contributed by atoms with Crippen LogP contribution in [0, 0.1) is 0 Å². The summed E-state index contributed by atoms with van der Waals surface area (Å²) in [7, 11) is -3.52. The molecule has 0 aromatic heterocycles. The van der Waals surface area contributed by atoms with Crippen LogP contribution in [-0.4, -0.2) is 19.1 Å². The highest BCUT2D eigenvalue weighted by molar-refractivity contribution is 7.91. The number of sulfonamides is 1. The van der Waals surface area contributed by atoms with Gasteiger partial charge in [0.25, 0.3) is 0 Å². The van der Waals surface area contributed by atoms with Gasteiger partial charge in [0.05, 0.1) is 4.75 Å². The van der Waals surface area contributed by atoms with E-state index >= 15 is 0 Å². The Bertz CT molecular complexity index is 274. The summed E-state index contributed by atoms with van der Waals surface area (Å²) in [5.74, 6) is -0.433. The van der Waals surface area contributed by atoms with Crippen molar-refractivity contribution in [2.45, 2.75) is 45.3 Å². The first-order valence-corrected chi connectivity index (χ1v) is 5.74. The molecule has 0 saturated carbocycles. The highest BCUT2D eigenvalue weighted by Crippen LogP contribution is 2.12. The number of rotatable bonds is 3. The molecule has 0 aliphatic carbocycles. The van der Waals surface area contributed by atoms with E-state index in [9.17, 15) is 13.2 Å². The molecule has 0 spiro atoms. The van der Waals surface area contributed by atoms with Gasteiger partial charge in [-0.2, -0.15) is 0 Å². The molecule has 0 rings (SSSR count). The zero-order valence-electron chi connectivity index (χ0n) is 8.55. The molecule has 0 bridgehead atoms. The summed E-state index contributed by atoms with van der Waals surface area (Å²) in [6.07, 6.45) is 0.890. The first-order valence-electron chi connectivity index (χ1n) is 4.26. The summed E-state index contributed by atoms with van der Waals surface area (Å²) in [5.41, 5.74) is 0. The second kappa shape index (κ2) is 4.09. The summed E-state index contributed by atoms with van der Waals surface area (Å²) in [5, 5.41) is 0. The molecule has 13 heavy (non-hydrogen) atoms. The predicted octanol–water partition coefficient (Wildman–Crippen LogP) is 1.03. The van der Waals surface area contributed by atoms with Crippen molar-refractivity contribution in [2.24, 2.45) is 0 Å². The molecule has 0 unspecified atom stereocenters. The van der Waals surface area contributed by atoms with Gasteiger partial charge in [0.15, 0.2) is 0 Å². The van der Waals surface area contributed by atoms with E-state index in [2.05, 4.69) is 0 Å². The molecule has 5 heteroatoms. The SMILES string of the molecule is CCCC(=O)NS(=O)(=O)C(C)(C)C. The van der Waals surface area contributed by atoms with Gasteiger partial charge in [0, 0.05) is 6.42 Å². The van der Waals surface area contributed by atoms with E-state index in [1.54, 1.807) is 20.8 Å². The van der Waals surface area contributed by atoms with Gasteiger partial charge in [-0.25, -0.2) is 8.42 Å². The molecule has 0 heterocycles. The van der Waals surface area contributed by atoms with E-state index in [4.69, 9.17) is 0 Å². The van der Waals surface area contributed by atoms with E-state index in [1.165, 1.54) is 0 Å². The zero-order valence-corrected chi connectivity index (χ0v) is 9.36. The summed E-state index contributed by atoms with van der Waals surface area (Å²) in [6.45, 7) is 6.47. The van der Waals surface area contributed by atoms with Crippen molar-refractivity contribution in [1.82, 2.24) is 4.72 Å². The van der Waals surface area contributed by atoms with Crippen LogP contribution >= 0.6 is 0 Å². The lowest BCUT2D eigenvalue weighted by Gasteiger charge is -2.19. The molecule has 1 N–H and O–H groups in total. The Morgan fingerprint density at radius 1 is 1.31 bits per heavy atom. The van der Waals surface area contributed by atoms with Gasteiger partial charge in [-0.3, -0.25) is 9.52 Å². The third-order valence-corrected chi connectivity index (χ3v) is 3.64. The van der Waals surface area contributed by atoms with Crippen molar-refractivity contribution < 1.29 is 13.2 Å². The summed E-state index contributed by atoms with van der Waals surface area (Å²) in [6, 6.07) is 0. The maximum Gasteiger partial charge on any atom is 0.239 e. The molecular weight excluding hydrogens is 190 g/mol. The van der Waals surface area contributed by atoms with Crippen LogP contribution in [0.3, 0.4) is 0 Å². The molecule has 0 fully saturated rings. The Hall–Kier alpha value is -0.580. The first-order chi connectivity index (χ1) is 5.70. The Kier molecular flexibility index (Phi) is 3.90. The number of carbonyl (C=O) groups excluding carboxylic acids is 1. The monoisotopic (exact) mass is 207 g/mol. The van der Waals surface area contributed by atoms with Gasteiger partial charge in [-0.1, -0.05) is 6.92 Å². The third-order valence-electron chi connectivity index (χ3n) is 1.53. The zero-order chi connectivity index (χ0) is 10.7. The van der Waals surface area contributed by atoms with Gasteiger partial charge in [-0.05, 0) is 27.2 Å². The minimum absolute atomic E-state index is 0.245. The minimum atomic E-state index is -3.52. The van der Waals surface area contributed by atoms with Gasteiger partial charge in [0.2, 0.25) is 15.9 Å². The molecule has 0 aliphatic heterocycles. The molecule has 0 atom stereocenters. The number of carbonyl (C=O) groups is 1. The fourth-order valence-electron chi connectivity index (χ4n) is 0.581. The topological polar surface area (TPSA) is 63.2 Å². The fourth-order valence-corrected chi connectivity index (χ4v) is 1.29. The Labute approximate surface area is 79.8 Å². The summed E-state index contributed by atoms with van der Waals surface area (Å²) < 4.78 is 23.9. The van der Waals surface area contributed by atoms with Crippen LogP contribution in [0.1, 0.15) is 40.5 Å². The van der Waals surface area contributed by atoms with Gasteiger partial charge < -0.3 is 0 Å². The second-order valence-corrected chi connectivity index (χ2v) is 6.33. The first kappa shape index (κ1) is 12.4. The molecule has 0 saturated heterocycles. The highest BCUT2D eigenvalue weighted by atomic mass is 32.2. The lowest BCUT2D eigenvalue weighted by molar-refractivity contribution is -0.119. The van der Waals surface area contributed by atoms with Crippen LogP contribution in [0.4, 0.5) is 0 Å². The number of hydrogen-bond acceptors (Lipinski definition) is 3. The molecule has 0 aliphatic rings. The summed E-state index contributed by atoms with van der Waals surface area (Å²) in [4.78, 5) is 11.0. The molecule has 1 amide bonds. The van der Waals surface area contributed by atoms with E-state index in [0.29, 0.717) is 6.42 Å². The lowest BCUT2D eigenvalue weighted by Crippen LogP contribution is -2.42. The Morgan fingerprint density at radius 3 is 2.08 bits per heavy atom. The van der Waals surface area contributed by atoms with E-state index in [1.807, 2.05) is 11.6 Å². The van der Waals surface area contributed by atoms with Crippen molar-refractivity contribution in [2.75, 3.05) is 0 Å². The van der Waals surface area contributed by atoms with Crippen molar-refractivity contribution in [1.29, 1.82) is 0 Å². The Morgan fingerprint density at radius 2 is 1.77 bits per heavy atom. The quantitative estimate of drug-likeness (QED) is 0.751. The van der Waals surface area contributed by atoms with Crippen molar-refractivity contribution >= 4 is 15.9 Å². The third kappa shape index (κ3) is 3.76. The molecule has 4 nitrogen and oxygen atoms in total. The van der Waals surface area contributed by atoms with Crippen LogP contribution in [0.2, 0.25) is 0 Å². The van der Waals surface area contributed by atoms with E-state index in [0.717, 1.165) is 0 Å². The van der Waals surface area contributed by atoms with Crippen molar-refractivity contribution in [3.63, 3.8) is 0 Å². The maximum absolute atomic E-state index is 11.4. The molecule has 0 aromatic rings. The number of nitrogens with one attached hydrogen (secondary N) is 1. The van der Waals surface area contributed by atoms with Crippen molar-refractivity contribution in [3.8, 4) is 0 Å². The van der Waals surface area contributed by atoms with Crippen LogP contribution in [0.15, 0.2) is 0 Å². The van der Waals surface area contributed by atoms with Gasteiger partial charge in [-0.15, -0.1) is 0 Å². The molecule has 0 radical (unpaired) electrons. The smallest absolute Gasteiger partial charge is 0.239 e. The second-order valence-electron chi connectivity index (χ2n) is 3.89. The highest BCUT2D eigenvalue weighted by Gasteiger charge is 2.30. The number of amides is 1. The number of hydrogen-bond donors (Lipinski definition) is 1. The molecule has 0 aromatic carbocycles. The normalized spacial score (nSPS) is 12.6. The van der Waals surface area contributed by atoms with Crippen LogP contribution in [0.5, 0.6) is 0 Å². The van der Waals surface area contributed by atoms with Crippen LogP contribution in [0.25, 0.3) is 0 Å². The average Bonchev–Trinajstić information content (AvgIpc) is 1.83. The van der Waals surface area contributed by atoms with E-state index in [-0.39, 0.29) is 6.42 Å². The van der Waals surface area contributed by atoms with Crippen LogP contribution in [-0.2, 0) is 14.8 Å². The lowest BCUT2D eigenvalue weighted by atomic mass is 10.3. The Balaban J connectivity index is 4.46. The summed E-state index contributed by atoms with van der Waals surface area (Å²) >= 11 is 0. The molecular formula is C8H17NO3S. The van der Waals surface area contributed by atoms with Crippen LogP contribution < -0.4 is 4.72 Å². The fraction of sp³-hybridized carbons (Fsp3) is 0.875. The largest absolute Gasteiger partial charge is 0.274 e. The minimum Gasteiger partial charge on any atom is -0.274 e. The van der Waals surface area contributed by atoms with Crippen molar-refractivity contribution in [3.05, 3.63) is 0 Å². The standard InChI is InChI=1S/C8H17NO3S/c1-5-6-7(10)9-13(11,12)8(2,3)4/h5-6H2,1-4H3,(H,9,10). The average molecular weight is 207 g/mol. The van der Waals surface area contributed by atoms with Gasteiger partial charge >= 0.3 is 0 Å². The maximum atomic E-state index is 11.4. The molecule has 78 valence electrons. The van der Waals surface area contributed by atoms with Gasteiger partial charge in [0.1, 0.15) is 0 Å². The predicted molar refractivity (Wildman–Crippen MR) is 51.7 cm³/mol. The van der Waals surface area contributed by atoms with E-state index < -0.39 is 20.7 Å².